The Morgan fingerprint density at radius 2 is 0.594 bits per heavy atom. The SMILES string of the molecule is CCCCCCCCC(CCCCCC)Cc1ccc(-c2nc3c(C=O)sc(-c4cc5c(s4)-c4sc(-c6sc(OC)c7nc(-c8ccc(CC(CCCCCC)CCCCCCCC)s8)c(-c8ccc(CC(CCCCCC)CCCCCCCC)s8)nc67)cc4OC5(CCC(C)CCCC(C)C)CCC(C)CCCC(C)C)c3nc2-c2ccc(CC(CCCCCC)CCCCCCCC)s2)s1. The number of carbonyl (C=O) groups excluding carboxylic acids is 1. The van der Waals surface area contributed by atoms with E-state index < -0.39 is 5.60 Å². The summed E-state index contributed by atoms with van der Waals surface area (Å²) in [5.41, 5.74) is 7.85. The van der Waals surface area contributed by atoms with Crippen LogP contribution < -0.4 is 9.47 Å². The highest BCUT2D eigenvalue weighted by Crippen LogP contribution is 2.61. The number of fused-ring (bicyclic) bond motifs is 5. The van der Waals surface area contributed by atoms with Crippen LogP contribution >= 0.6 is 90.7 Å². The van der Waals surface area contributed by atoms with Crippen LogP contribution in [0.1, 0.15) is 504 Å². The zero-order valence-electron chi connectivity index (χ0n) is 89.6. The van der Waals surface area contributed by atoms with Gasteiger partial charge in [0.25, 0.3) is 0 Å². The van der Waals surface area contributed by atoms with Gasteiger partial charge in [-0.25, -0.2) is 19.9 Å². The molecule has 11 heterocycles. The Morgan fingerprint density at radius 1 is 0.297 bits per heavy atom. The molecule has 766 valence electrons. The average Bonchev–Trinajstić information content (AvgIpc) is 1.56. The maximum Gasteiger partial charge on any atom is 0.202 e. The number of nitrogens with zero attached hydrogens (tertiary/aromatic N) is 4. The Balaban J connectivity index is 1.06. The molecule has 10 aromatic rings. The second-order valence-electron chi connectivity index (χ2n) is 43.7. The van der Waals surface area contributed by atoms with Gasteiger partial charge in [-0.3, -0.25) is 4.79 Å². The Kier molecular flexibility index (Phi) is 52.1. The standard InChI is InChI=1S/C123H188N4O3S8/c1-16-24-32-40-44-52-66-93(62-48-36-28-20-5)82-97-70-74-103(131-97)110-111(104-75-71-98(132-104)83-94(63-49-37-29-21-6)67-53-45-41-33-25-17-2)125-115-114(124-110)109(88-128)137-120(115)107-86-101-118(135-107)119-102(130-123(101,80-78-91(13)60-56-58-89(9)10)81-79-92(14)61-57-59-90(11)12)87-108(136-119)121-116-117(122(129-15)138-121)127-113(106-77-73-100(134-106)85-96(65-51-39-31-23-8)69-55-47-43-35-27-19-4)112(126-116)105-76-72-99(133-105)84-95(64-50-38-30-22-7)68-54-46-42-34-26-18-3/h70-77,86-96H,16-69,78-85H2,1-15H3. The van der Waals surface area contributed by atoms with Crippen molar-refractivity contribution in [3.63, 3.8) is 0 Å². The second-order valence-corrected chi connectivity index (χ2v) is 52.5. The lowest BCUT2D eigenvalue weighted by atomic mass is 9.78. The topological polar surface area (TPSA) is 87.1 Å². The van der Waals surface area contributed by atoms with Gasteiger partial charge in [-0.15, -0.1) is 79.4 Å². The van der Waals surface area contributed by atoms with Crippen molar-refractivity contribution < 1.29 is 14.3 Å². The Morgan fingerprint density at radius 3 is 0.928 bits per heavy atom. The first kappa shape index (κ1) is 114. The minimum Gasteiger partial charge on any atom is -0.486 e. The fourth-order valence-electron chi connectivity index (χ4n) is 21.9. The van der Waals surface area contributed by atoms with E-state index in [4.69, 9.17) is 29.4 Å². The molecule has 6 atom stereocenters. The highest BCUT2D eigenvalue weighted by molar-refractivity contribution is 7.30. The number of hydrogen-bond donors (Lipinski definition) is 0. The van der Waals surface area contributed by atoms with Gasteiger partial charge in [0.15, 0.2) is 6.29 Å². The van der Waals surface area contributed by atoms with Crippen molar-refractivity contribution in [3.8, 4) is 82.4 Å². The van der Waals surface area contributed by atoms with E-state index in [1.807, 2.05) is 75.1 Å². The molecule has 0 fully saturated rings. The van der Waals surface area contributed by atoms with E-state index in [-0.39, 0.29) is 0 Å². The van der Waals surface area contributed by atoms with Crippen molar-refractivity contribution in [2.24, 2.45) is 47.3 Å². The molecule has 1 aliphatic heterocycles. The van der Waals surface area contributed by atoms with Gasteiger partial charge in [0.05, 0.1) is 55.9 Å². The molecule has 0 bridgehead atoms. The highest BCUT2D eigenvalue weighted by atomic mass is 32.1. The summed E-state index contributed by atoms with van der Waals surface area (Å²) in [4.78, 5) is 56.5. The van der Waals surface area contributed by atoms with Crippen LogP contribution in [0.2, 0.25) is 0 Å². The number of aldehydes is 1. The molecule has 7 nitrogen and oxygen atoms in total. The Labute approximate surface area is 873 Å². The normalized spacial score (nSPS) is 14.8. The summed E-state index contributed by atoms with van der Waals surface area (Å²) >= 11 is 14.9. The fourth-order valence-corrected chi connectivity index (χ4v) is 31.0. The summed E-state index contributed by atoms with van der Waals surface area (Å²) < 4.78 is 14.9. The van der Waals surface area contributed by atoms with Crippen LogP contribution in [0.3, 0.4) is 0 Å². The minimum atomic E-state index is -0.616. The molecule has 11 rings (SSSR count). The van der Waals surface area contributed by atoms with Crippen LogP contribution in [0.15, 0.2) is 60.7 Å². The Hall–Kier alpha value is -4.45. The van der Waals surface area contributed by atoms with Crippen LogP contribution in [0.5, 0.6) is 10.8 Å². The fraction of sp³-hybridized carbons (Fsp3) is 0.699. The summed E-state index contributed by atoms with van der Waals surface area (Å²) in [7, 11) is 1.85. The van der Waals surface area contributed by atoms with Crippen molar-refractivity contribution in [2.75, 3.05) is 7.11 Å². The van der Waals surface area contributed by atoms with Crippen LogP contribution in [0, 0.1) is 47.3 Å². The molecule has 6 unspecified atom stereocenters. The van der Waals surface area contributed by atoms with Gasteiger partial charge in [-0.1, -0.05) is 455 Å². The van der Waals surface area contributed by atoms with Gasteiger partial charge in [0, 0.05) is 36.0 Å². The first-order chi connectivity index (χ1) is 67.5. The van der Waals surface area contributed by atoms with E-state index in [0.29, 0.717) is 52.2 Å². The molecule has 0 amide bonds. The molecular formula is C123H188N4O3S8. The molecule has 138 heavy (non-hydrogen) atoms. The van der Waals surface area contributed by atoms with Gasteiger partial charge in [-0.05, 0) is 153 Å². The number of thiophene rings is 8. The van der Waals surface area contributed by atoms with E-state index in [1.165, 1.54) is 396 Å². The van der Waals surface area contributed by atoms with Gasteiger partial charge in [-0.2, -0.15) is 0 Å². The van der Waals surface area contributed by atoms with E-state index in [0.717, 1.165) is 138 Å². The molecule has 15 heteroatoms. The molecule has 0 saturated carbocycles. The van der Waals surface area contributed by atoms with Crippen molar-refractivity contribution in [3.05, 3.63) is 90.6 Å². The summed E-state index contributed by atoms with van der Waals surface area (Å²) in [6, 6.07) is 24.3. The molecular weight excluding hydrogens is 1840 g/mol. The van der Waals surface area contributed by atoms with E-state index in [1.54, 1.807) is 22.7 Å². The summed E-state index contributed by atoms with van der Waals surface area (Å²) in [5.74, 6) is 6.08. The maximum absolute atomic E-state index is 14.3. The number of unbranched alkanes of at least 4 members (excludes halogenated alkanes) is 32. The zero-order chi connectivity index (χ0) is 97.6. The molecule has 10 aromatic heterocycles. The largest absolute Gasteiger partial charge is 0.486 e. The monoisotopic (exact) mass is 2030 g/mol. The first-order valence-electron chi connectivity index (χ1n) is 57.5. The smallest absolute Gasteiger partial charge is 0.202 e. The third-order valence-corrected chi connectivity index (χ3v) is 40.0. The second kappa shape index (κ2) is 63.2. The predicted octanol–water partition coefficient (Wildman–Crippen LogP) is 44.1. The zero-order valence-corrected chi connectivity index (χ0v) is 96.1. The number of aromatic nitrogens is 4. The third kappa shape index (κ3) is 35.7. The van der Waals surface area contributed by atoms with Crippen molar-refractivity contribution in [1.82, 2.24) is 19.9 Å². The quantitative estimate of drug-likeness (QED) is 0.0277. The molecule has 0 radical (unpaired) electrons. The molecule has 0 aliphatic carbocycles. The predicted molar refractivity (Wildman–Crippen MR) is 618 cm³/mol. The van der Waals surface area contributed by atoms with Crippen LogP contribution in [-0.4, -0.2) is 33.3 Å². The Bertz CT molecular complexity index is 4990. The minimum absolute atomic E-state index is 0.529. The van der Waals surface area contributed by atoms with Gasteiger partial charge in [0.1, 0.15) is 56.2 Å². The summed E-state index contributed by atoms with van der Waals surface area (Å²) in [5, 5.41) is 0.804. The van der Waals surface area contributed by atoms with Gasteiger partial charge in [0.2, 0.25) is 5.06 Å². The number of hydrogen-bond acceptors (Lipinski definition) is 15. The lowest BCUT2D eigenvalue weighted by Gasteiger charge is -2.39. The van der Waals surface area contributed by atoms with Crippen LogP contribution in [0.25, 0.3) is 93.6 Å². The number of methoxy groups -OCH3 is 1. The van der Waals surface area contributed by atoms with Crippen molar-refractivity contribution in [1.29, 1.82) is 0 Å². The highest BCUT2D eigenvalue weighted by Gasteiger charge is 2.45. The summed E-state index contributed by atoms with van der Waals surface area (Å²) in [6.45, 7) is 33.3. The lowest BCUT2D eigenvalue weighted by molar-refractivity contribution is 0.0324. The van der Waals surface area contributed by atoms with E-state index in [9.17, 15) is 4.79 Å². The average molecular weight is 2030 g/mol. The third-order valence-electron chi connectivity index (χ3n) is 30.5. The van der Waals surface area contributed by atoms with E-state index >= 15 is 0 Å². The number of carbonyl (C=O) groups is 1. The van der Waals surface area contributed by atoms with Crippen molar-refractivity contribution >= 4 is 119 Å². The molecule has 0 spiro atoms. The van der Waals surface area contributed by atoms with Crippen LogP contribution in [0.4, 0.5) is 0 Å². The number of rotatable bonds is 78. The van der Waals surface area contributed by atoms with Crippen molar-refractivity contribution in [2.45, 2.75) is 501 Å². The summed E-state index contributed by atoms with van der Waals surface area (Å²) in [6.07, 6.45) is 80.4. The first-order valence-corrected chi connectivity index (χ1v) is 64.0. The van der Waals surface area contributed by atoms with Crippen LogP contribution in [-0.2, 0) is 31.3 Å². The molecule has 1 aliphatic rings. The lowest BCUT2D eigenvalue weighted by Crippen LogP contribution is -2.36. The van der Waals surface area contributed by atoms with Gasteiger partial charge < -0.3 is 9.47 Å². The van der Waals surface area contributed by atoms with E-state index in [2.05, 4.69) is 158 Å². The molecule has 0 aromatic carbocycles. The molecule has 0 saturated heterocycles. The maximum atomic E-state index is 14.3. The number of ether oxygens (including phenoxy) is 2. The molecule has 0 N–H and O–H groups in total. The van der Waals surface area contributed by atoms with Gasteiger partial charge >= 0.3 is 0 Å².